The maximum atomic E-state index is 8.57. The predicted molar refractivity (Wildman–Crippen MR) is 42.1 cm³/mol. The Morgan fingerprint density at radius 2 is 2.00 bits per heavy atom. The molecule has 0 atom stereocenters. The molecule has 0 aliphatic rings. The van der Waals surface area contributed by atoms with Crippen LogP contribution < -0.4 is 4.74 Å². The number of ether oxygens (including phenoxy) is 1. The third-order valence-corrected chi connectivity index (χ3v) is 1.34. The fourth-order valence-corrected chi connectivity index (χ4v) is 0.924. The van der Waals surface area contributed by atoms with E-state index in [4.69, 9.17) is 10.5 Å². The Kier molecular flexibility index (Phi) is 2.30. The summed E-state index contributed by atoms with van der Waals surface area (Å²) in [5.74, 6) is 0.411. The Labute approximate surface area is 70.4 Å². The molecule has 0 aromatic heterocycles. The van der Waals surface area contributed by atoms with Gasteiger partial charge in [-0.25, -0.2) is 0 Å². The molecule has 0 saturated carbocycles. The van der Waals surface area contributed by atoms with Crippen LogP contribution in [-0.4, -0.2) is 0 Å². The summed E-state index contributed by atoms with van der Waals surface area (Å²) in [6, 6.07) is 6.93. The first kappa shape index (κ1) is 8.10. The van der Waals surface area contributed by atoms with Crippen molar-refractivity contribution < 1.29 is 4.74 Å². The minimum atomic E-state index is 0.411. The summed E-state index contributed by atoms with van der Waals surface area (Å²) in [4.78, 5) is 0. The average molecular weight is 158 g/mol. The molecule has 0 unspecified atom stereocenters. The Morgan fingerprint density at radius 1 is 1.25 bits per heavy atom. The van der Waals surface area contributed by atoms with Gasteiger partial charge in [-0.05, 0) is 30.7 Å². The van der Waals surface area contributed by atoms with Gasteiger partial charge in [0.1, 0.15) is 5.75 Å². The molecule has 0 saturated heterocycles. The number of rotatable bonds is 1. The highest BCUT2D eigenvalue weighted by atomic mass is 16.5. The third-order valence-electron chi connectivity index (χ3n) is 1.34. The number of hydrogen-bond acceptors (Lipinski definition) is 3. The monoisotopic (exact) mass is 158 g/mol. The molecule has 0 aliphatic carbocycles. The van der Waals surface area contributed by atoms with E-state index in [1.54, 1.807) is 18.4 Å². The number of benzene rings is 1. The van der Waals surface area contributed by atoms with Crippen molar-refractivity contribution in [3.8, 4) is 18.1 Å². The molecule has 12 heavy (non-hydrogen) atoms. The van der Waals surface area contributed by atoms with Gasteiger partial charge in [-0.1, -0.05) is 0 Å². The molecule has 0 heterocycles. The van der Waals surface area contributed by atoms with Crippen LogP contribution in [0.4, 0.5) is 0 Å². The molecule has 0 spiro atoms. The van der Waals surface area contributed by atoms with Gasteiger partial charge in [-0.2, -0.15) is 5.26 Å². The number of aryl methyl sites for hydroxylation is 1. The van der Waals surface area contributed by atoms with Crippen LogP contribution in [-0.2, 0) is 0 Å². The van der Waals surface area contributed by atoms with Gasteiger partial charge in [0.2, 0.25) is 0 Å². The predicted octanol–water partition coefficient (Wildman–Crippen LogP) is 1.73. The Morgan fingerprint density at radius 3 is 2.58 bits per heavy atom. The van der Waals surface area contributed by atoms with Gasteiger partial charge in [-0.15, -0.1) is 5.26 Å². The molecule has 58 valence electrons. The topological polar surface area (TPSA) is 56.8 Å². The number of nitriles is 2. The van der Waals surface area contributed by atoms with E-state index in [0.717, 1.165) is 5.56 Å². The van der Waals surface area contributed by atoms with Crippen LogP contribution >= 0.6 is 0 Å². The molecule has 0 N–H and O–H groups in total. The number of nitrogens with zero attached hydrogens (tertiary/aromatic N) is 2. The van der Waals surface area contributed by atoms with Gasteiger partial charge in [0.05, 0.1) is 11.6 Å². The van der Waals surface area contributed by atoms with Gasteiger partial charge in [0.15, 0.2) is 0 Å². The zero-order valence-corrected chi connectivity index (χ0v) is 6.53. The molecule has 0 radical (unpaired) electrons. The molecule has 3 nitrogen and oxygen atoms in total. The maximum Gasteiger partial charge on any atom is 0.292 e. The zero-order chi connectivity index (χ0) is 8.97. The molecular formula is C9H6N2O. The summed E-state index contributed by atoms with van der Waals surface area (Å²) in [5.41, 5.74) is 1.40. The first-order valence-electron chi connectivity index (χ1n) is 3.34. The third kappa shape index (κ3) is 1.74. The summed E-state index contributed by atoms with van der Waals surface area (Å²) in [7, 11) is 0. The Bertz CT molecular complexity index is 371. The quantitative estimate of drug-likeness (QED) is 0.585. The van der Waals surface area contributed by atoms with Crippen molar-refractivity contribution in [2.75, 3.05) is 0 Å². The second kappa shape index (κ2) is 3.41. The van der Waals surface area contributed by atoms with Crippen LogP contribution in [0.3, 0.4) is 0 Å². The standard InChI is InChI=1S/C9H6N2O/c1-7-2-8(5-10)4-9(3-7)12-6-11/h2-4H,1H3. The van der Waals surface area contributed by atoms with Crippen molar-refractivity contribution in [2.24, 2.45) is 0 Å². The van der Waals surface area contributed by atoms with Gasteiger partial charge in [0.25, 0.3) is 6.26 Å². The van der Waals surface area contributed by atoms with Crippen LogP contribution in [0.5, 0.6) is 5.75 Å². The van der Waals surface area contributed by atoms with E-state index >= 15 is 0 Å². The van der Waals surface area contributed by atoms with Crippen LogP contribution in [0.2, 0.25) is 0 Å². The van der Waals surface area contributed by atoms with Crippen LogP contribution in [0.1, 0.15) is 11.1 Å². The van der Waals surface area contributed by atoms with Crippen LogP contribution in [0.15, 0.2) is 18.2 Å². The lowest BCUT2D eigenvalue weighted by atomic mass is 10.1. The maximum absolute atomic E-state index is 8.57. The Balaban J connectivity index is 3.10. The molecule has 0 fully saturated rings. The van der Waals surface area contributed by atoms with E-state index in [0.29, 0.717) is 11.3 Å². The first-order chi connectivity index (χ1) is 5.76. The summed E-state index contributed by atoms with van der Waals surface area (Å²) < 4.78 is 4.58. The minimum absolute atomic E-state index is 0.411. The zero-order valence-electron chi connectivity index (χ0n) is 6.53. The lowest BCUT2D eigenvalue weighted by molar-refractivity contribution is 0.506. The van der Waals surface area contributed by atoms with Crippen LogP contribution in [0.25, 0.3) is 0 Å². The molecule has 3 heteroatoms. The molecule has 1 aromatic carbocycles. The lowest BCUT2D eigenvalue weighted by Gasteiger charge is -1.97. The van der Waals surface area contributed by atoms with E-state index < -0.39 is 0 Å². The molecule has 1 aromatic rings. The van der Waals surface area contributed by atoms with E-state index in [2.05, 4.69) is 4.74 Å². The van der Waals surface area contributed by atoms with Crippen molar-refractivity contribution in [2.45, 2.75) is 6.92 Å². The average Bonchev–Trinajstić information content (AvgIpc) is 2.04. The smallest absolute Gasteiger partial charge is 0.292 e. The van der Waals surface area contributed by atoms with E-state index in [1.807, 2.05) is 13.0 Å². The fraction of sp³-hybridized carbons (Fsp3) is 0.111. The molecule has 0 aliphatic heterocycles. The van der Waals surface area contributed by atoms with E-state index in [-0.39, 0.29) is 0 Å². The highest BCUT2D eigenvalue weighted by molar-refractivity contribution is 5.40. The van der Waals surface area contributed by atoms with Crippen molar-refractivity contribution in [1.29, 1.82) is 10.5 Å². The molecule has 1 rings (SSSR count). The first-order valence-corrected chi connectivity index (χ1v) is 3.34. The molecular weight excluding hydrogens is 152 g/mol. The SMILES string of the molecule is Cc1cc(C#N)cc(OC#N)c1. The van der Waals surface area contributed by atoms with Crippen LogP contribution in [0, 0.1) is 29.8 Å². The highest BCUT2D eigenvalue weighted by Gasteiger charge is 1.97. The lowest BCUT2D eigenvalue weighted by Crippen LogP contribution is -1.85. The van der Waals surface area contributed by atoms with Gasteiger partial charge in [-0.3, -0.25) is 0 Å². The Hall–Kier alpha value is -2.00. The number of hydrogen-bond donors (Lipinski definition) is 0. The fourth-order valence-electron chi connectivity index (χ4n) is 0.924. The summed E-state index contributed by atoms with van der Waals surface area (Å²) in [6.07, 6.45) is 1.55. The highest BCUT2D eigenvalue weighted by Crippen LogP contribution is 2.15. The van der Waals surface area contributed by atoms with Gasteiger partial charge in [0, 0.05) is 0 Å². The van der Waals surface area contributed by atoms with Crippen molar-refractivity contribution >= 4 is 0 Å². The van der Waals surface area contributed by atoms with Gasteiger partial charge < -0.3 is 4.74 Å². The second-order valence-electron chi connectivity index (χ2n) is 2.34. The second-order valence-corrected chi connectivity index (χ2v) is 2.34. The van der Waals surface area contributed by atoms with E-state index in [9.17, 15) is 0 Å². The molecule has 0 bridgehead atoms. The molecule has 0 amide bonds. The van der Waals surface area contributed by atoms with Gasteiger partial charge >= 0.3 is 0 Å². The normalized spacial score (nSPS) is 8.25. The largest absolute Gasteiger partial charge is 0.388 e. The summed E-state index contributed by atoms with van der Waals surface area (Å²) >= 11 is 0. The van der Waals surface area contributed by atoms with Crippen molar-refractivity contribution in [3.63, 3.8) is 0 Å². The van der Waals surface area contributed by atoms with Crippen molar-refractivity contribution in [3.05, 3.63) is 29.3 Å². The van der Waals surface area contributed by atoms with E-state index in [1.165, 1.54) is 6.07 Å². The van der Waals surface area contributed by atoms with Crippen molar-refractivity contribution in [1.82, 2.24) is 0 Å². The summed E-state index contributed by atoms with van der Waals surface area (Å²) in [5, 5.41) is 16.8. The summed E-state index contributed by atoms with van der Waals surface area (Å²) in [6.45, 7) is 1.84. The minimum Gasteiger partial charge on any atom is -0.388 e.